The molecule has 0 aliphatic heterocycles. The molecule has 0 unspecified atom stereocenters. The maximum Gasteiger partial charge on any atom is 0.0737 e. The molecule has 0 radical (unpaired) electrons. The van der Waals surface area contributed by atoms with Gasteiger partial charge in [0, 0.05) is 11.8 Å². The van der Waals surface area contributed by atoms with Gasteiger partial charge in [0.05, 0.1) is 11.1 Å². The van der Waals surface area contributed by atoms with Crippen molar-refractivity contribution in [3.05, 3.63) is 186 Å². The van der Waals surface area contributed by atoms with E-state index < -0.39 is 5.41 Å². The predicted octanol–water partition coefficient (Wildman–Crippen LogP) is 11.1. The van der Waals surface area contributed by atoms with E-state index in [9.17, 15) is 0 Å². The van der Waals surface area contributed by atoms with E-state index in [4.69, 9.17) is 0 Å². The van der Waals surface area contributed by atoms with Crippen LogP contribution in [0.4, 0.5) is 0 Å². The quantitative estimate of drug-likeness (QED) is 0.202. The maximum absolute atomic E-state index is 4.53. The van der Waals surface area contributed by atoms with Crippen LogP contribution in [-0.2, 0) is 5.41 Å². The summed E-state index contributed by atoms with van der Waals surface area (Å²) in [6.45, 7) is 0. The third-order valence-corrected chi connectivity index (χ3v) is 10.1. The summed E-state index contributed by atoms with van der Waals surface area (Å²) in [5, 5.41) is 5.19. The number of nitrogens with zero attached hydrogens (tertiary/aromatic N) is 1. The third-order valence-electron chi connectivity index (χ3n) is 10.1. The molecule has 1 heteroatoms. The van der Waals surface area contributed by atoms with Crippen LogP contribution in [0.25, 0.3) is 66.2 Å². The van der Waals surface area contributed by atoms with Crippen LogP contribution in [0.1, 0.15) is 22.3 Å². The fraction of sp³-hybridized carbons (Fsp3) is 0.0227. The Balaban J connectivity index is 1.25. The maximum atomic E-state index is 4.53. The zero-order chi connectivity index (χ0) is 29.5. The van der Waals surface area contributed by atoms with Crippen molar-refractivity contribution in [3.8, 4) is 44.6 Å². The lowest BCUT2D eigenvalue weighted by atomic mass is 9.68. The standard InChI is InChI=1S/C44H27N/c1-2-10-33-29(9-1)20-24-37-38-25-22-32-27-31(28-16-18-30(19-17-28)41-15-7-8-26-45-41)21-23-34(32)43(38)44(42(33)37)39-13-5-3-11-35(39)36-12-4-6-14-40(36)44/h1-27H. The molecule has 0 amide bonds. The zero-order valence-corrected chi connectivity index (χ0v) is 24.5. The summed E-state index contributed by atoms with van der Waals surface area (Å²) in [6, 6.07) is 58.3. The lowest BCUT2D eigenvalue weighted by molar-refractivity contribution is 0.809. The lowest BCUT2D eigenvalue weighted by Crippen LogP contribution is -2.26. The summed E-state index contributed by atoms with van der Waals surface area (Å²) < 4.78 is 0. The number of aromatic nitrogens is 1. The molecule has 1 spiro atoms. The highest BCUT2D eigenvalue weighted by molar-refractivity contribution is 6.09. The normalized spacial score (nSPS) is 13.5. The van der Waals surface area contributed by atoms with Gasteiger partial charge in [0.15, 0.2) is 0 Å². The van der Waals surface area contributed by atoms with E-state index in [0.717, 1.165) is 11.3 Å². The number of hydrogen-bond donors (Lipinski definition) is 0. The second-order valence-corrected chi connectivity index (χ2v) is 12.3. The van der Waals surface area contributed by atoms with Gasteiger partial charge in [-0.2, -0.15) is 0 Å². The van der Waals surface area contributed by atoms with Crippen LogP contribution in [0.2, 0.25) is 0 Å². The Labute approximate surface area is 262 Å². The molecule has 0 atom stereocenters. The molecule has 10 rings (SSSR count). The van der Waals surface area contributed by atoms with Crippen LogP contribution >= 0.6 is 0 Å². The van der Waals surface area contributed by atoms with E-state index in [1.54, 1.807) is 0 Å². The molecule has 7 aromatic carbocycles. The van der Waals surface area contributed by atoms with Gasteiger partial charge in [0.1, 0.15) is 0 Å². The van der Waals surface area contributed by atoms with E-state index in [1.807, 2.05) is 18.3 Å². The molecule has 0 saturated carbocycles. The number of rotatable bonds is 2. The minimum absolute atomic E-state index is 0.399. The van der Waals surface area contributed by atoms with Crippen LogP contribution in [0, 0.1) is 0 Å². The summed E-state index contributed by atoms with van der Waals surface area (Å²) in [7, 11) is 0. The minimum Gasteiger partial charge on any atom is -0.256 e. The number of fused-ring (bicyclic) bond motifs is 14. The molecule has 0 bridgehead atoms. The molecule has 0 N–H and O–H groups in total. The van der Waals surface area contributed by atoms with Gasteiger partial charge in [-0.3, -0.25) is 4.98 Å². The van der Waals surface area contributed by atoms with Crippen LogP contribution in [0.5, 0.6) is 0 Å². The average Bonchev–Trinajstić information content (AvgIpc) is 3.59. The molecule has 45 heavy (non-hydrogen) atoms. The van der Waals surface area contributed by atoms with E-state index in [2.05, 4.69) is 151 Å². The largest absolute Gasteiger partial charge is 0.256 e. The SMILES string of the molecule is c1ccc(-c2ccc(-c3ccc4c5c(ccc4c3)-c3ccc4ccccc4c3C53c4ccccc4-c4ccccc43)cc2)nc1. The van der Waals surface area contributed by atoms with Gasteiger partial charge in [-0.05, 0) is 95.4 Å². The zero-order valence-electron chi connectivity index (χ0n) is 24.5. The Morgan fingerprint density at radius 2 is 0.956 bits per heavy atom. The number of pyridine rings is 1. The van der Waals surface area contributed by atoms with Crippen molar-refractivity contribution in [1.82, 2.24) is 4.98 Å². The highest BCUT2D eigenvalue weighted by Crippen LogP contribution is 2.65. The van der Waals surface area contributed by atoms with Crippen molar-refractivity contribution in [2.75, 3.05) is 0 Å². The van der Waals surface area contributed by atoms with Gasteiger partial charge < -0.3 is 0 Å². The molecule has 2 aliphatic rings. The van der Waals surface area contributed by atoms with Gasteiger partial charge in [0.2, 0.25) is 0 Å². The average molecular weight is 570 g/mol. The molecule has 1 aromatic heterocycles. The molecule has 8 aromatic rings. The van der Waals surface area contributed by atoms with Crippen molar-refractivity contribution in [2.24, 2.45) is 0 Å². The Bertz CT molecular complexity index is 2420. The van der Waals surface area contributed by atoms with Crippen molar-refractivity contribution in [2.45, 2.75) is 5.41 Å². The van der Waals surface area contributed by atoms with Crippen LogP contribution in [0.15, 0.2) is 164 Å². The fourth-order valence-corrected chi connectivity index (χ4v) is 8.30. The molecular formula is C44H27N. The number of benzene rings is 7. The van der Waals surface area contributed by atoms with Crippen molar-refractivity contribution in [3.63, 3.8) is 0 Å². The summed E-state index contributed by atoms with van der Waals surface area (Å²) >= 11 is 0. The first-order valence-corrected chi connectivity index (χ1v) is 15.6. The second kappa shape index (κ2) is 9.11. The first-order valence-electron chi connectivity index (χ1n) is 15.6. The van der Waals surface area contributed by atoms with E-state index >= 15 is 0 Å². The summed E-state index contributed by atoms with van der Waals surface area (Å²) in [5.74, 6) is 0. The van der Waals surface area contributed by atoms with E-state index in [1.165, 1.54) is 77.2 Å². The van der Waals surface area contributed by atoms with Gasteiger partial charge in [-0.15, -0.1) is 0 Å². The monoisotopic (exact) mass is 569 g/mol. The van der Waals surface area contributed by atoms with Crippen molar-refractivity contribution in [1.29, 1.82) is 0 Å². The summed E-state index contributed by atoms with van der Waals surface area (Å²) in [4.78, 5) is 4.53. The van der Waals surface area contributed by atoms with Crippen molar-refractivity contribution >= 4 is 21.5 Å². The lowest BCUT2D eigenvalue weighted by Gasteiger charge is -2.32. The highest BCUT2D eigenvalue weighted by atomic mass is 14.7. The molecule has 208 valence electrons. The van der Waals surface area contributed by atoms with E-state index in [-0.39, 0.29) is 0 Å². The topological polar surface area (TPSA) is 12.9 Å². The van der Waals surface area contributed by atoms with E-state index in [0.29, 0.717) is 0 Å². The van der Waals surface area contributed by atoms with Gasteiger partial charge in [0.25, 0.3) is 0 Å². The molecule has 1 nitrogen and oxygen atoms in total. The highest BCUT2D eigenvalue weighted by Gasteiger charge is 2.53. The fourth-order valence-electron chi connectivity index (χ4n) is 8.30. The Hall–Kier alpha value is -5.79. The summed E-state index contributed by atoms with van der Waals surface area (Å²) in [6.07, 6.45) is 1.85. The second-order valence-electron chi connectivity index (χ2n) is 12.3. The molecule has 2 aliphatic carbocycles. The van der Waals surface area contributed by atoms with Crippen LogP contribution in [0.3, 0.4) is 0 Å². The molecule has 1 heterocycles. The predicted molar refractivity (Wildman–Crippen MR) is 186 cm³/mol. The molecule has 0 saturated heterocycles. The third kappa shape index (κ3) is 3.25. The minimum atomic E-state index is -0.399. The van der Waals surface area contributed by atoms with Crippen LogP contribution < -0.4 is 0 Å². The Morgan fingerprint density at radius 3 is 1.67 bits per heavy atom. The van der Waals surface area contributed by atoms with Gasteiger partial charge in [-0.1, -0.05) is 140 Å². The molecular weight excluding hydrogens is 542 g/mol. The smallest absolute Gasteiger partial charge is 0.0737 e. The van der Waals surface area contributed by atoms with Gasteiger partial charge in [-0.25, -0.2) is 0 Å². The Morgan fingerprint density at radius 1 is 0.378 bits per heavy atom. The molecule has 0 fully saturated rings. The van der Waals surface area contributed by atoms with Crippen molar-refractivity contribution < 1.29 is 0 Å². The summed E-state index contributed by atoms with van der Waals surface area (Å²) in [5.41, 5.74) is 15.1. The Kier molecular flexibility index (Phi) is 4.99. The number of hydrogen-bond acceptors (Lipinski definition) is 1. The van der Waals surface area contributed by atoms with Gasteiger partial charge >= 0.3 is 0 Å². The first-order chi connectivity index (χ1) is 22.3. The van der Waals surface area contributed by atoms with Crippen LogP contribution in [-0.4, -0.2) is 4.98 Å². The first kappa shape index (κ1) is 24.6.